The zero-order valence-electron chi connectivity index (χ0n) is 13.9. The Labute approximate surface area is 137 Å². The standard InChI is InChI=1S/C17H24N6/c1-22(2)16-13-20-15(11-21-16)10-14-4-3-8-23(9-5-14)17-12-18-6-7-19-17/h6-7,11-14H,3-5,8-10H2,1-2H3/t14-/m1/s1. The Kier molecular flexibility index (Phi) is 5.00. The Bertz CT molecular complexity index is 598. The second-order valence-electron chi connectivity index (χ2n) is 6.31. The van der Waals surface area contributed by atoms with Crippen LogP contribution in [0.5, 0.6) is 0 Å². The molecule has 1 aliphatic heterocycles. The third-order valence-corrected chi connectivity index (χ3v) is 4.37. The van der Waals surface area contributed by atoms with Gasteiger partial charge in [0.2, 0.25) is 0 Å². The minimum absolute atomic E-state index is 0.663. The normalized spacial score (nSPS) is 18.5. The molecular formula is C17H24N6. The van der Waals surface area contributed by atoms with Crippen molar-refractivity contribution < 1.29 is 0 Å². The first-order valence-electron chi connectivity index (χ1n) is 8.21. The molecule has 0 N–H and O–H groups in total. The molecule has 0 aromatic carbocycles. The lowest BCUT2D eigenvalue weighted by Crippen LogP contribution is -2.25. The van der Waals surface area contributed by atoms with E-state index in [1.165, 1.54) is 12.8 Å². The topological polar surface area (TPSA) is 58.0 Å². The summed E-state index contributed by atoms with van der Waals surface area (Å²) in [5.74, 6) is 2.56. The van der Waals surface area contributed by atoms with Gasteiger partial charge in [0.15, 0.2) is 0 Å². The van der Waals surface area contributed by atoms with Crippen LogP contribution in [0.1, 0.15) is 25.0 Å². The number of nitrogens with zero attached hydrogens (tertiary/aromatic N) is 6. The van der Waals surface area contributed by atoms with Gasteiger partial charge in [0.05, 0.1) is 24.3 Å². The summed E-state index contributed by atoms with van der Waals surface area (Å²) in [6.45, 7) is 2.09. The van der Waals surface area contributed by atoms with Gasteiger partial charge in [0.25, 0.3) is 0 Å². The minimum Gasteiger partial charge on any atom is -0.361 e. The summed E-state index contributed by atoms with van der Waals surface area (Å²) in [7, 11) is 3.96. The van der Waals surface area contributed by atoms with Gasteiger partial charge in [-0.2, -0.15) is 0 Å². The highest BCUT2D eigenvalue weighted by Gasteiger charge is 2.19. The fraction of sp³-hybridized carbons (Fsp3) is 0.529. The molecule has 0 radical (unpaired) electrons. The summed E-state index contributed by atoms with van der Waals surface area (Å²) in [6, 6.07) is 0. The van der Waals surface area contributed by atoms with E-state index in [1.54, 1.807) is 12.4 Å². The molecule has 0 spiro atoms. The van der Waals surface area contributed by atoms with Crippen molar-refractivity contribution in [2.75, 3.05) is 37.0 Å². The molecule has 1 atom stereocenters. The molecule has 6 heteroatoms. The summed E-state index contributed by atoms with van der Waals surface area (Å²) < 4.78 is 0. The Morgan fingerprint density at radius 3 is 2.65 bits per heavy atom. The fourth-order valence-corrected chi connectivity index (χ4v) is 3.03. The molecule has 0 unspecified atom stereocenters. The smallest absolute Gasteiger partial charge is 0.147 e. The minimum atomic E-state index is 0.663. The van der Waals surface area contributed by atoms with Gasteiger partial charge in [0, 0.05) is 39.6 Å². The summed E-state index contributed by atoms with van der Waals surface area (Å²) >= 11 is 0. The van der Waals surface area contributed by atoms with Crippen LogP contribution >= 0.6 is 0 Å². The van der Waals surface area contributed by atoms with Crippen molar-refractivity contribution >= 4 is 11.6 Å². The van der Waals surface area contributed by atoms with Gasteiger partial charge >= 0.3 is 0 Å². The fourth-order valence-electron chi connectivity index (χ4n) is 3.03. The van der Waals surface area contributed by atoms with E-state index in [0.717, 1.165) is 43.3 Å². The molecular weight excluding hydrogens is 288 g/mol. The highest BCUT2D eigenvalue weighted by molar-refractivity contribution is 5.35. The first-order valence-corrected chi connectivity index (χ1v) is 8.21. The number of aromatic nitrogens is 4. The molecule has 3 heterocycles. The summed E-state index contributed by atoms with van der Waals surface area (Å²) in [5, 5.41) is 0. The second kappa shape index (κ2) is 7.35. The number of hydrogen-bond donors (Lipinski definition) is 0. The third-order valence-electron chi connectivity index (χ3n) is 4.37. The van der Waals surface area contributed by atoms with E-state index in [9.17, 15) is 0 Å². The predicted molar refractivity (Wildman–Crippen MR) is 91.6 cm³/mol. The maximum Gasteiger partial charge on any atom is 0.147 e. The van der Waals surface area contributed by atoms with Crippen molar-refractivity contribution in [2.45, 2.75) is 25.7 Å². The van der Waals surface area contributed by atoms with Gasteiger partial charge in [-0.3, -0.25) is 9.97 Å². The Balaban J connectivity index is 1.58. The Morgan fingerprint density at radius 1 is 1.04 bits per heavy atom. The lowest BCUT2D eigenvalue weighted by Gasteiger charge is -2.21. The lowest BCUT2D eigenvalue weighted by molar-refractivity contribution is 0.466. The van der Waals surface area contributed by atoms with Crippen molar-refractivity contribution in [3.05, 3.63) is 36.7 Å². The van der Waals surface area contributed by atoms with Gasteiger partial charge in [-0.15, -0.1) is 0 Å². The molecule has 1 fully saturated rings. The van der Waals surface area contributed by atoms with Crippen LogP contribution in [0.15, 0.2) is 31.0 Å². The molecule has 0 aliphatic carbocycles. The van der Waals surface area contributed by atoms with Gasteiger partial charge in [0.1, 0.15) is 11.6 Å². The molecule has 6 nitrogen and oxygen atoms in total. The molecule has 0 amide bonds. The average Bonchev–Trinajstić information content (AvgIpc) is 2.82. The highest BCUT2D eigenvalue weighted by atomic mass is 15.2. The number of rotatable bonds is 4. The zero-order valence-corrected chi connectivity index (χ0v) is 13.9. The molecule has 3 rings (SSSR count). The summed E-state index contributed by atoms with van der Waals surface area (Å²) in [6.07, 6.45) is 13.7. The molecule has 1 aliphatic rings. The van der Waals surface area contributed by atoms with E-state index in [4.69, 9.17) is 0 Å². The summed E-state index contributed by atoms with van der Waals surface area (Å²) in [4.78, 5) is 21.9. The monoisotopic (exact) mass is 312 g/mol. The van der Waals surface area contributed by atoms with Crippen LogP contribution in [0.4, 0.5) is 11.6 Å². The van der Waals surface area contributed by atoms with Gasteiger partial charge in [-0.25, -0.2) is 9.97 Å². The SMILES string of the molecule is CN(C)c1cnc(C[C@@H]2CCCN(c3cnccn3)CC2)cn1. The van der Waals surface area contributed by atoms with Crippen molar-refractivity contribution in [3.8, 4) is 0 Å². The third kappa shape index (κ3) is 4.15. The molecule has 23 heavy (non-hydrogen) atoms. The predicted octanol–water partition coefficient (Wildman–Crippen LogP) is 2.18. The molecule has 0 saturated carbocycles. The maximum absolute atomic E-state index is 4.56. The first kappa shape index (κ1) is 15.6. The van der Waals surface area contributed by atoms with E-state index in [2.05, 4.69) is 24.8 Å². The van der Waals surface area contributed by atoms with Crippen molar-refractivity contribution in [1.29, 1.82) is 0 Å². The number of hydrogen-bond acceptors (Lipinski definition) is 6. The van der Waals surface area contributed by atoms with Gasteiger partial charge < -0.3 is 9.80 Å². The Hall–Kier alpha value is -2.24. The van der Waals surface area contributed by atoms with Crippen molar-refractivity contribution in [2.24, 2.45) is 5.92 Å². The van der Waals surface area contributed by atoms with Crippen LogP contribution in [0.3, 0.4) is 0 Å². The first-order chi connectivity index (χ1) is 11.2. The lowest BCUT2D eigenvalue weighted by atomic mass is 9.95. The molecule has 0 bridgehead atoms. The Morgan fingerprint density at radius 2 is 1.96 bits per heavy atom. The van der Waals surface area contributed by atoms with E-state index >= 15 is 0 Å². The largest absolute Gasteiger partial charge is 0.361 e. The van der Waals surface area contributed by atoms with Crippen LogP contribution in [-0.4, -0.2) is 47.1 Å². The van der Waals surface area contributed by atoms with Crippen LogP contribution < -0.4 is 9.80 Å². The molecule has 122 valence electrons. The van der Waals surface area contributed by atoms with E-state index < -0.39 is 0 Å². The maximum atomic E-state index is 4.56. The van der Waals surface area contributed by atoms with Crippen molar-refractivity contribution in [3.63, 3.8) is 0 Å². The van der Waals surface area contributed by atoms with Crippen LogP contribution in [0.25, 0.3) is 0 Å². The molecule has 2 aromatic heterocycles. The van der Waals surface area contributed by atoms with Crippen LogP contribution in [-0.2, 0) is 6.42 Å². The molecule has 2 aromatic rings. The van der Waals surface area contributed by atoms with Crippen LogP contribution in [0, 0.1) is 5.92 Å². The quantitative estimate of drug-likeness (QED) is 0.862. The van der Waals surface area contributed by atoms with Crippen LogP contribution in [0.2, 0.25) is 0 Å². The average molecular weight is 312 g/mol. The summed E-state index contributed by atoms with van der Waals surface area (Å²) in [5.41, 5.74) is 1.09. The van der Waals surface area contributed by atoms with Gasteiger partial charge in [-0.05, 0) is 31.6 Å². The van der Waals surface area contributed by atoms with Gasteiger partial charge in [-0.1, -0.05) is 0 Å². The highest BCUT2D eigenvalue weighted by Crippen LogP contribution is 2.23. The second-order valence-corrected chi connectivity index (χ2v) is 6.31. The zero-order chi connectivity index (χ0) is 16.1. The van der Waals surface area contributed by atoms with E-state index in [1.807, 2.05) is 37.6 Å². The molecule has 1 saturated heterocycles. The number of anilines is 2. The van der Waals surface area contributed by atoms with E-state index in [-0.39, 0.29) is 0 Å². The van der Waals surface area contributed by atoms with E-state index in [0.29, 0.717) is 5.92 Å². The van der Waals surface area contributed by atoms with Crippen molar-refractivity contribution in [1.82, 2.24) is 19.9 Å².